The molecule has 0 bridgehead atoms. The van der Waals surface area contributed by atoms with Crippen LogP contribution in [0, 0.1) is 22.4 Å². The topological polar surface area (TPSA) is 102 Å². The number of anilines is 1. The summed E-state index contributed by atoms with van der Waals surface area (Å²) in [6.45, 7) is 3.81. The molecule has 0 saturated heterocycles. The van der Waals surface area contributed by atoms with Gasteiger partial charge < -0.3 is 10.5 Å². The van der Waals surface area contributed by atoms with Crippen molar-refractivity contribution in [3.05, 3.63) is 33.4 Å². The van der Waals surface area contributed by atoms with E-state index in [-0.39, 0.29) is 29.7 Å². The van der Waals surface area contributed by atoms with Crippen LogP contribution in [0.5, 0.6) is 0 Å². The summed E-state index contributed by atoms with van der Waals surface area (Å²) in [6, 6.07) is 2.74. The zero-order chi connectivity index (χ0) is 12.3. The molecule has 6 nitrogen and oxygen atoms in total. The number of nitrogen functional groups attached to an aromatic ring is 1. The molecule has 1 aromatic carbocycles. The average Bonchev–Trinajstić information content (AvgIpc) is 2.17. The molecule has 0 amide bonds. The van der Waals surface area contributed by atoms with Crippen LogP contribution in [-0.4, -0.2) is 17.4 Å². The average molecular weight is 260 g/mol. The first-order valence-corrected chi connectivity index (χ1v) is 4.73. The molecule has 7 heteroatoms. The van der Waals surface area contributed by atoms with Gasteiger partial charge in [0.1, 0.15) is 5.69 Å². The lowest BCUT2D eigenvalue weighted by Crippen LogP contribution is -2.08. The minimum absolute atomic E-state index is 0. The van der Waals surface area contributed by atoms with Crippen molar-refractivity contribution in [2.45, 2.75) is 13.8 Å². The van der Waals surface area contributed by atoms with Crippen LogP contribution in [-0.2, 0) is 4.74 Å². The Kier molecular flexibility index (Phi) is 5.40. The van der Waals surface area contributed by atoms with Gasteiger partial charge in [0.15, 0.2) is 0 Å². The maximum atomic E-state index is 10.7. The minimum Gasteiger partial charge on any atom is -0.478 e. The summed E-state index contributed by atoms with van der Waals surface area (Å²) in [5.74, 6) is -0.0805. The molecule has 0 aliphatic rings. The van der Waals surface area contributed by atoms with Crippen molar-refractivity contribution >= 4 is 29.7 Å². The lowest BCUT2D eigenvalue weighted by atomic mass is 10.1. The maximum Gasteiger partial charge on any atom is 0.292 e. The standard InChI is InChI=1S/C10H13N3O3.ClH/c1-3-16-10(12)7-5-9(13(14)15)8(11)4-6(7)2;/h4-5,12H,3,11H2,1-2H3;1H. The number of nitro groups is 1. The molecule has 0 spiro atoms. The molecule has 3 N–H and O–H groups in total. The highest BCUT2D eigenvalue weighted by atomic mass is 35.5. The zero-order valence-electron chi connectivity index (χ0n) is 9.52. The Bertz CT molecular complexity index is 449. The molecule has 0 fully saturated rings. The van der Waals surface area contributed by atoms with Crippen molar-refractivity contribution in [1.29, 1.82) is 5.41 Å². The van der Waals surface area contributed by atoms with E-state index in [2.05, 4.69) is 0 Å². The Morgan fingerprint density at radius 2 is 2.18 bits per heavy atom. The van der Waals surface area contributed by atoms with Crippen molar-refractivity contribution in [1.82, 2.24) is 0 Å². The minimum atomic E-state index is -0.572. The molecule has 0 aliphatic heterocycles. The van der Waals surface area contributed by atoms with E-state index in [1.807, 2.05) is 0 Å². The quantitative estimate of drug-likeness (QED) is 0.286. The largest absolute Gasteiger partial charge is 0.478 e. The molecule has 1 aromatic rings. The van der Waals surface area contributed by atoms with Gasteiger partial charge in [0.2, 0.25) is 5.90 Å². The SMILES string of the molecule is CCOC(=N)c1cc([N+](=O)[O-])c(N)cc1C.Cl. The lowest BCUT2D eigenvalue weighted by molar-refractivity contribution is -0.383. The first-order chi connectivity index (χ1) is 7.47. The number of nitrogens with one attached hydrogen (secondary N) is 1. The fraction of sp³-hybridized carbons (Fsp3) is 0.300. The normalized spacial score (nSPS) is 9.29. The van der Waals surface area contributed by atoms with Crippen LogP contribution in [0.2, 0.25) is 0 Å². The smallest absolute Gasteiger partial charge is 0.292 e. The Morgan fingerprint density at radius 3 is 2.65 bits per heavy atom. The monoisotopic (exact) mass is 259 g/mol. The molecule has 94 valence electrons. The predicted octanol–water partition coefficient (Wildman–Crippen LogP) is 2.27. The van der Waals surface area contributed by atoms with Crippen molar-refractivity contribution in [2.24, 2.45) is 0 Å². The summed E-state index contributed by atoms with van der Waals surface area (Å²) in [4.78, 5) is 10.1. The molecule has 0 saturated carbocycles. The van der Waals surface area contributed by atoms with E-state index < -0.39 is 4.92 Å². The van der Waals surface area contributed by atoms with Crippen LogP contribution >= 0.6 is 12.4 Å². The molecule has 17 heavy (non-hydrogen) atoms. The van der Waals surface area contributed by atoms with E-state index in [4.69, 9.17) is 15.9 Å². The van der Waals surface area contributed by atoms with Crippen molar-refractivity contribution in [3.8, 4) is 0 Å². The van der Waals surface area contributed by atoms with Crippen LogP contribution < -0.4 is 5.73 Å². The van der Waals surface area contributed by atoms with Crippen LogP contribution in [0.3, 0.4) is 0 Å². The summed E-state index contributed by atoms with van der Waals surface area (Å²) in [5.41, 5.74) is 6.48. The number of hydrogen-bond donors (Lipinski definition) is 2. The third-order valence-electron chi connectivity index (χ3n) is 2.10. The van der Waals surface area contributed by atoms with E-state index in [0.717, 1.165) is 0 Å². The fourth-order valence-electron chi connectivity index (χ4n) is 1.34. The highest BCUT2D eigenvalue weighted by Gasteiger charge is 2.17. The van der Waals surface area contributed by atoms with Crippen LogP contribution in [0.4, 0.5) is 11.4 Å². The summed E-state index contributed by atoms with van der Waals surface area (Å²) in [6.07, 6.45) is 0. The highest BCUT2D eigenvalue weighted by molar-refractivity contribution is 5.94. The van der Waals surface area contributed by atoms with Gasteiger partial charge in [-0.3, -0.25) is 15.5 Å². The number of halogens is 1. The van der Waals surface area contributed by atoms with Gasteiger partial charge in [-0.2, -0.15) is 0 Å². The van der Waals surface area contributed by atoms with Gasteiger partial charge in [-0.25, -0.2) is 0 Å². The van der Waals surface area contributed by atoms with E-state index >= 15 is 0 Å². The van der Waals surface area contributed by atoms with Gasteiger partial charge in [0.25, 0.3) is 5.69 Å². The van der Waals surface area contributed by atoms with Gasteiger partial charge in [-0.05, 0) is 25.5 Å². The third kappa shape index (κ3) is 3.32. The zero-order valence-corrected chi connectivity index (χ0v) is 10.3. The first-order valence-electron chi connectivity index (χ1n) is 4.73. The van der Waals surface area contributed by atoms with Crippen LogP contribution in [0.1, 0.15) is 18.1 Å². The lowest BCUT2D eigenvalue weighted by Gasteiger charge is -2.09. The number of rotatable bonds is 3. The third-order valence-corrected chi connectivity index (χ3v) is 2.10. The second kappa shape index (κ2) is 6.05. The van der Waals surface area contributed by atoms with Gasteiger partial charge in [-0.1, -0.05) is 0 Å². The van der Waals surface area contributed by atoms with Gasteiger partial charge in [0.05, 0.1) is 11.5 Å². The number of benzene rings is 1. The molecule has 0 radical (unpaired) electrons. The first kappa shape index (κ1) is 15.2. The van der Waals surface area contributed by atoms with Gasteiger partial charge in [-0.15, -0.1) is 12.4 Å². The molecular weight excluding hydrogens is 246 g/mol. The molecule has 0 aromatic heterocycles. The van der Waals surface area contributed by atoms with Crippen LogP contribution in [0.25, 0.3) is 0 Å². The molecule has 0 unspecified atom stereocenters. The van der Waals surface area contributed by atoms with Crippen LogP contribution in [0.15, 0.2) is 12.1 Å². The molecule has 0 heterocycles. The number of ether oxygens (including phenoxy) is 1. The fourth-order valence-corrected chi connectivity index (χ4v) is 1.34. The van der Waals surface area contributed by atoms with Crippen molar-refractivity contribution in [2.75, 3.05) is 12.3 Å². The summed E-state index contributed by atoms with van der Waals surface area (Å²) in [5, 5.41) is 18.3. The second-order valence-electron chi connectivity index (χ2n) is 3.25. The van der Waals surface area contributed by atoms with Gasteiger partial charge >= 0.3 is 0 Å². The molecule has 0 atom stereocenters. The highest BCUT2D eigenvalue weighted by Crippen LogP contribution is 2.25. The number of nitro benzene ring substituents is 1. The maximum absolute atomic E-state index is 10.7. The Balaban J connectivity index is 0.00000256. The summed E-state index contributed by atoms with van der Waals surface area (Å²) >= 11 is 0. The molecule has 1 rings (SSSR count). The van der Waals surface area contributed by atoms with E-state index in [0.29, 0.717) is 17.7 Å². The van der Waals surface area contributed by atoms with E-state index in [9.17, 15) is 10.1 Å². The Labute approximate surface area is 105 Å². The Hall–Kier alpha value is -1.82. The predicted molar refractivity (Wildman–Crippen MR) is 67.9 cm³/mol. The van der Waals surface area contributed by atoms with Crippen molar-refractivity contribution in [3.63, 3.8) is 0 Å². The number of hydrogen-bond acceptors (Lipinski definition) is 5. The second-order valence-corrected chi connectivity index (χ2v) is 3.25. The number of nitrogens with zero attached hydrogens (tertiary/aromatic N) is 1. The number of aryl methyl sites for hydroxylation is 1. The summed E-state index contributed by atoms with van der Waals surface area (Å²) in [7, 11) is 0. The molecule has 0 aliphatic carbocycles. The van der Waals surface area contributed by atoms with Gasteiger partial charge in [0, 0.05) is 11.6 Å². The van der Waals surface area contributed by atoms with E-state index in [1.165, 1.54) is 12.1 Å². The van der Waals surface area contributed by atoms with Crippen molar-refractivity contribution < 1.29 is 9.66 Å². The molecular formula is C10H14ClN3O3. The number of nitrogens with two attached hydrogens (primary N) is 1. The Morgan fingerprint density at radius 1 is 1.59 bits per heavy atom. The summed E-state index contributed by atoms with van der Waals surface area (Å²) < 4.78 is 5.00. The van der Waals surface area contributed by atoms with E-state index in [1.54, 1.807) is 13.8 Å².